The zero-order chi connectivity index (χ0) is 14.8. The van der Waals surface area contributed by atoms with Crippen LogP contribution < -0.4 is 4.90 Å². The molecular formula is C17H19NO2. The van der Waals surface area contributed by atoms with E-state index in [4.69, 9.17) is 0 Å². The molecule has 0 aliphatic heterocycles. The lowest BCUT2D eigenvalue weighted by molar-refractivity contribution is -0.141. The Morgan fingerprint density at radius 2 is 1.45 bits per heavy atom. The predicted octanol–water partition coefficient (Wildman–Crippen LogP) is 3.14. The zero-order valence-electron chi connectivity index (χ0n) is 12.0. The van der Waals surface area contributed by atoms with Gasteiger partial charge in [-0.2, -0.15) is 0 Å². The van der Waals surface area contributed by atoms with Crippen molar-refractivity contribution in [1.29, 1.82) is 0 Å². The highest BCUT2D eigenvalue weighted by Crippen LogP contribution is 2.33. The fraction of sp³-hybridized carbons (Fsp3) is 0.235. The van der Waals surface area contributed by atoms with E-state index in [9.17, 15) is 9.90 Å². The molecule has 2 aromatic rings. The van der Waals surface area contributed by atoms with Gasteiger partial charge < -0.3 is 10.0 Å². The molecule has 3 heteroatoms. The molecule has 20 heavy (non-hydrogen) atoms. The summed E-state index contributed by atoms with van der Waals surface area (Å²) in [7, 11) is 3.92. The van der Waals surface area contributed by atoms with E-state index >= 15 is 0 Å². The number of hydrogen-bond donors (Lipinski definition) is 1. The van der Waals surface area contributed by atoms with Crippen molar-refractivity contribution in [3.8, 4) is 0 Å². The molecule has 0 aliphatic rings. The minimum Gasteiger partial charge on any atom is -0.480 e. The minimum atomic E-state index is -1.04. The lowest BCUT2D eigenvalue weighted by atomic mass is 9.76. The van der Waals surface area contributed by atoms with Crippen LogP contribution in [0.5, 0.6) is 0 Å². The lowest BCUT2D eigenvalue weighted by Gasteiger charge is -2.26. The van der Waals surface area contributed by atoms with E-state index in [1.165, 1.54) is 0 Å². The molecule has 104 valence electrons. The Morgan fingerprint density at radius 3 is 1.90 bits per heavy atom. The Kier molecular flexibility index (Phi) is 3.79. The quantitative estimate of drug-likeness (QED) is 0.927. The van der Waals surface area contributed by atoms with Gasteiger partial charge >= 0.3 is 5.97 Å². The first-order chi connectivity index (χ1) is 9.46. The largest absolute Gasteiger partial charge is 0.480 e. The van der Waals surface area contributed by atoms with E-state index in [1.807, 2.05) is 73.6 Å². The number of hydrogen-bond acceptors (Lipinski definition) is 2. The van der Waals surface area contributed by atoms with Gasteiger partial charge in [0.25, 0.3) is 0 Å². The van der Waals surface area contributed by atoms with Crippen LogP contribution >= 0.6 is 0 Å². The highest BCUT2D eigenvalue weighted by atomic mass is 16.4. The zero-order valence-corrected chi connectivity index (χ0v) is 12.0. The number of carbonyl (C=O) groups is 1. The van der Waals surface area contributed by atoms with Crippen molar-refractivity contribution in [3.63, 3.8) is 0 Å². The molecule has 0 saturated carbocycles. The van der Waals surface area contributed by atoms with Gasteiger partial charge in [-0.3, -0.25) is 4.79 Å². The van der Waals surface area contributed by atoms with Gasteiger partial charge in [-0.05, 0) is 30.2 Å². The molecular weight excluding hydrogens is 250 g/mol. The van der Waals surface area contributed by atoms with Gasteiger partial charge in [-0.25, -0.2) is 0 Å². The Balaban J connectivity index is 2.51. The number of aliphatic carboxylic acids is 1. The minimum absolute atomic E-state index is 0.779. The van der Waals surface area contributed by atoms with Crippen molar-refractivity contribution in [2.24, 2.45) is 0 Å². The number of nitrogens with zero attached hydrogens (tertiary/aromatic N) is 1. The number of carboxylic acid groups (broad SMARTS) is 1. The molecule has 0 saturated heterocycles. The summed E-state index contributed by atoms with van der Waals surface area (Å²) >= 11 is 0. The first-order valence-corrected chi connectivity index (χ1v) is 6.53. The number of rotatable bonds is 4. The molecule has 0 heterocycles. The number of carboxylic acids is 1. The molecule has 0 bridgehead atoms. The van der Waals surface area contributed by atoms with Crippen molar-refractivity contribution < 1.29 is 9.90 Å². The van der Waals surface area contributed by atoms with Gasteiger partial charge in [0.15, 0.2) is 0 Å². The summed E-state index contributed by atoms with van der Waals surface area (Å²) in [5.74, 6) is -0.846. The summed E-state index contributed by atoms with van der Waals surface area (Å²) in [5.41, 5.74) is 1.58. The van der Waals surface area contributed by atoms with Crippen LogP contribution in [0.4, 0.5) is 5.69 Å². The van der Waals surface area contributed by atoms with Crippen molar-refractivity contribution in [1.82, 2.24) is 0 Å². The Bertz CT molecular complexity index is 590. The lowest BCUT2D eigenvalue weighted by Crippen LogP contribution is -2.33. The summed E-state index contributed by atoms with van der Waals surface area (Å²) in [5, 5.41) is 9.71. The molecule has 1 unspecified atom stereocenters. The maximum atomic E-state index is 11.8. The van der Waals surface area contributed by atoms with Gasteiger partial charge in [0.1, 0.15) is 5.41 Å². The van der Waals surface area contributed by atoms with Gasteiger partial charge in [-0.15, -0.1) is 0 Å². The van der Waals surface area contributed by atoms with E-state index in [0.717, 1.165) is 16.8 Å². The average molecular weight is 269 g/mol. The van der Waals surface area contributed by atoms with Crippen LogP contribution in [0.3, 0.4) is 0 Å². The summed E-state index contributed by atoms with van der Waals surface area (Å²) in [6, 6.07) is 17.0. The first-order valence-electron chi connectivity index (χ1n) is 6.53. The molecule has 0 aromatic heterocycles. The highest BCUT2D eigenvalue weighted by molar-refractivity contribution is 5.85. The van der Waals surface area contributed by atoms with E-state index in [1.54, 1.807) is 6.92 Å². The van der Waals surface area contributed by atoms with Crippen LogP contribution in [0.1, 0.15) is 18.1 Å². The molecule has 0 amide bonds. The Labute approximate surface area is 119 Å². The second-order valence-corrected chi connectivity index (χ2v) is 5.24. The summed E-state index contributed by atoms with van der Waals surface area (Å²) in [6.45, 7) is 1.75. The summed E-state index contributed by atoms with van der Waals surface area (Å²) in [4.78, 5) is 13.8. The fourth-order valence-electron chi connectivity index (χ4n) is 2.28. The topological polar surface area (TPSA) is 40.5 Å². The van der Waals surface area contributed by atoms with Gasteiger partial charge in [0, 0.05) is 19.8 Å². The maximum Gasteiger partial charge on any atom is 0.318 e. The van der Waals surface area contributed by atoms with Crippen LogP contribution in [0.15, 0.2) is 54.6 Å². The van der Waals surface area contributed by atoms with E-state index in [0.29, 0.717) is 0 Å². The van der Waals surface area contributed by atoms with Gasteiger partial charge in [0.05, 0.1) is 0 Å². The molecule has 1 atom stereocenters. The van der Waals surface area contributed by atoms with Gasteiger partial charge in [-0.1, -0.05) is 42.5 Å². The molecule has 0 spiro atoms. The van der Waals surface area contributed by atoms with E-state index in [2.05, 4.69) is 0 Å². The van der Waals surface area contributed by atoms with Crippen molar-refractivity contribution in [3.05, 3.63) is 65.7 Å². The predicted molar refractivity (Wildman–Crippen MR) is 81.3 cm³/mol. The van der Waals surface area contributed by atoms with Crippen molar-refractivity contribution in [2.75, 3.05) is 19.0 Å². The molecule has 0 radical (unpaired) electrons. The van der Waals surface area contributed by atoms with E-state index in [-0.39, 0.29) is 0 Å². The fourth-order valence-corrected chi connectivity index (χ4v) is 2.28. The second kappa shape index (κ2) is 5.37. The molecule has 0 aliphatic carbocycles. The highest BCUT2D eigenvalue weighted by Gasteiger charge is 2.36. The SMILES string of the molecule is CN(C)c1ccc(C(C)(C(=O)O)c2ccccc2)cc1. The summed E-state index contributed by atoms with van der Waals surface area (Å²) < 4.78 is 0. The first kappa shape index (κ1) is 14.1. The Morgan fingerprint density at radius 1 is 0.950 bits per heavy atom. The van der Waals surface area contributed by atoms with Crippen LogP contribution in [0.25, 0.3) is 0 Å². The van der Waals surface area contributed by atoms with E-state index < -0.39 is 11.4 Å². The smallest absolute Gasteiger partial charge is 0.318 e. The Hall–Kier alpha value is -2.29. The molecule has 2 aromatic carbocycles. The standard InChI is InChI=1S/C17H19NO2/c1-17(16(19)20,13-7-5-4-6-8-13)14-9-11-15(12-10-14)18(2)3/h4-12H,1-3H3,(H,19,20). The third kappa shape index (κ3) is 2.39. The van der Waals surface area contributed by atoms with Crippen molar-refractivity contribution in [2.45, 2.75) is 12.3 Å². The molecule has 2 rings (SSSR count). The maximum absolute atomic E-state index is 11.8. The van der Waals surface area contributed by atoms with Crippen LogP contribution in [-0.4, -0.2) is 25.2 Å². The molecule has 0 fully saturated rings. The van der Waals surface area contributed by atoms with Crippen LogP contribution in [0, 0.1) is 0 Å². The number of anilines is 1. The second-order valence-electron chi connectivity index (χ2n) is 5.24. The van der Waals surface area contributed by atoms with Crippen LogP contribution in [-0.2, 0) is 10.2 Å². The number of benzene rings is 2. The molecule has 3 nitrogen and oxygen atoms in total. The third-order valence-corrected chi connectivity index (χ3v) is 3.74. The normalized spacial score (nSPS) is 13.6. The van der Waals surface area contributed by atoms with Crippen molar-refractivity contribution >= 4 is 11.7 Å². The summed E-state index contributed by atoms with van der Waals surface area (Å²) in [6.07, 6.45) is 0. The monoisotopic (exact) mass is 269 g/mol. The van der Waals surface area contributed by atoms with Gasteiger partial charge in [0.2, 0.25) is 0 Å². The molecule has 1 N–H and O–H groups in total. The van der Waals surface area contributed by atoms with Crippen LogP contribution in [0.2, 0.25) is 0 Å². The third-order valence-electron chi connectivity index (χ3n) is 3.74. The average Bonchev–Trinajstić information content (AvgIpc) is 2.47.